The van der Waals surface area contributed by atoms with Crippen molar-refractivity contribution in [3.05, 3.63) is 157 Å². The van der Waals surface area contributed by atoms with E-state index in [2.05, 4.69) is 159 Å². The number of rotatable bonds is 2. The van der Waals surface area contributed by atoms with Crippen molar-refractivity contribution < 1.29 is 0 Å². The third-order valence-corrected chi connectivity index (χ3v) is 8.62. The fourth-order valence-corrected chi connectivity index (χ4v) is 6.35. The fourth-order valence-electron chi connectivity index (χ4n) is 6.35. The van der Waals surface area contributed by atoms with Crippen LogP contribution in [0.3, 0.4) is 0 Å². The van der Waals surface area contributed by atoms with Gasteiger partial charge >= 0.3 is 0 Å². The highest BCUT2D eigenvalue weighted by Crippen LogP contribution is 2.35. The third kappa shape index (κ3) is 5.56. The highest BCUT2D eigenvalue weighted by molar-refractivity contribution is 6.23. The van der Waals surface area contributed by atoms with Crippen molar-refractivity contribution >= 4 is 64.6 Å². The molecule has 0 heterocycles. The second-order valence-electron chi connectivity index (χ2n) is 11.1. The van der Waals surface area contributed by atoms with E-state index in [4.69, 9.17) is 0 Å². The third-order valence-electron chi connectivity index (χ3n) is 8.62. The van der Waals surface area contributed by atoms with E-state index in [0.29, 0.717) is 0 Å². The maximum atomic E-state index is 2.21. The van der Waals surface area contributed by atoms with Crippen molar-refractivity contribution in [2.24, 2.45) is 0 Å². The zero-order chi connectivity index (χ0) is 30.5. The highest BCUT2D eigenvalue weighted by atomic mass is 14.1. The largest absolute Gasteiger partial charge is 0.0683 e. The fraction of sp³-hybridized carbons (Fsp3) is 0.136. The Balaban J connectivity index is 0.000000117. The first-order chi connectivity index (χ1) is 21.7. The van der Waals surface area contributed by atoms with Gasteiger partial charge in [-0.1, -0.05) is 173 Å². The second kappa shape index (κ2) is 13.1. The minimum Gasteiger partial charge on any atom is -0.0683 e. The van der Waals surface area contributed by atoms with Gasteiger partial charge in [-0.3, -0.25) is 0 Å². The molecular formula is C44H40. The molecule has 0 nitrogen and oxygen atoms in total. The van der Waals surface area contributed by atoms with Gasteiger partial charge in [-0.25, -0.2) is 0 Å². The van der Waals surface area contributed by atoms with E-state index >= 15 is 0 Å². The molecule has 9 rings (SSSR count). The Labute approximate surface area is 261 Å². The van der Waals surface area contributed by atoms with Crippen molar-refractivity contribution in [1.82, 2.24) is 0 Å². The Kier molecular flexibility index (Phi) is 8.71. The predicted molar refractivity (Wildman–Crippen MR) is 197 cm³/mol. The van der Waals surface area contributed by atoms with Crippen molar-refractivity contribution in [3.63, 3.8) is 0 Å². The second-order valence-corrected chi connectivity index (χ2v) is 11.1. The van der Waals surface area contributed by atoms with Crippen LogP contribution < -0.4 is 0 Å². The molecule has 0 atom stereocenters. The monoisotopic (exact) mass is 568 g/mol. The molecule has 0 aliphatic carbocycles. The molecule has 0 N–H and O–H groups in total. The highest BCUT2D eigenvalue weighted by Gasteiger charge is 2.07. The lowest BCUT2D eigenvalue weighted by molar-refractivity contribution is 1.10. The van der Waals surface area contributed by atoms with Crippen molar-refractivity contribution in [2.45, 2.75) is 40.5 Å². The molecule has 0 aliphatic heterocycles. The van der Waals surface area contributed by atoms with Gasteiger partial charge in [0.1, 0.15) is 0 Å². The molecule has 0 aromatic heterocycles. The number of benzene rings is 9. The number of hydrogen-bond donors (Lipinski definition) is 0. The van der Waals surface area contributed by atoms with Gasteiger partial charge in [-0.15, -0.1) is 0 Å². The van der Waals surface area contributed by atoms with Crippen LogP contribution in [-0.2, 0) is 12.8 Å². The van der Waals surface area contributed by atoms with Gasteiger partial charge in [0, 0.05) is 0 Å². The van der Waals surface area contributed by atoms with Crippen LogP contribution >= 0.6 is 0 Å². The zero-order valence-electron chi connectivity index (χ0n) is 26.3. The lowest BCUT2D eigenvalue weighted by Crippen LogP contribution is -1.82. The maximum Gasteiger partial charge on any atom is -0.00268 e. The lowest BCUT2D eigenvalue weighted by Gasteiger charge is -2.09. The van der Waals surface area contributed by atoms with E-state index in [1.165, 1.54) is 75.8 Å². The first kappa shape index (κ1) is 29.1. The van der Waals surface area contributed by atoms with Crippen LogP contribution in [0, 0.1) is 0 Å². The summed E-state index contributed by atoms with van der Waals surface area (Å²) in [5.41, 5.74) is 2.86. The quantitative estimate of drug-likeness (QED) is 0.182. The standard InChI is InChI=1S/2C16H10.C10H14.C2H6/c2*1-3-11-7-9-13-5-2-6-14-10-8-12(4-1)15(11)16(13)14;1-3-9-5-7-10(4-2)8-6-9;1-2/h2*1-10H;5-8H,3-4H2,1-2H3;1-2H3. The average molecular weight is 569 g/mol. The molecule has 44 heavy (non-hydrogen) atoms. The first-order valence-electron chi connectivity index (χ1n) is 16.1. The van der Waals surface area contributed by atoms with E-state index in [9.17, 15) is 0 Å². The number of hydrogen-bond acceptors (Lipinski definition) is 0. The molecule has 0 unspecified atom stereocenters. The van der Waals surface area contributed by atoms with Crippen LogP contribution in [0.25, 0.3) is 64.6 Å². The molecule has 0 heteroatoms. The minimum absolute atomic E-state index is 1.14. The molecule has 0 radical (unpaired) electrons. The SMILES string of the molecule is CC.CCc1ccc(CC)cc1.c1cc2ccc3cccc4ccc(c1)c2c34.c1cc2ccc3cccc4ccc(c1)c2c34. The molecule has 9 aromatic rings. The topological polar surface area (TPSA) is 0 Å². The molecule has 216 valence electrons. The summed E-state index contributed by atoms with van der Waals surface area (Å²) in [6.45, 7) is 8.36. The van der Waals surface area contributed by atoms with Gasteiger partial charge < -0.3 is 0 Å². The lowest BCUT2D eigenvalue weighted by atomic mass is 9.95. The maximum absolute atomic E-state index is 2.21. The van der Waals surface area contributed by atoms with Crippen molar-refractivity contribution in [1.29, 1.82) is 0 Å². The van der Waals surface area contributed by atoms with Gasteiger partial charge in [0.2, 0.25) is 0 Å². The van der Waals surface area contributed by atoms with E-state index in [1.807, 2.05) is 13.8 Å². The molecule has 9 aromatic carbocycles. The van der Waals surface area contributed by atoms with Crippen LogP contribution in [0.15, 0.2) is 146 Å². The Morgan fingerprint density at radius 2 is 0.455 bits per heavy atom. The molecule has 0 fully saturated rings. The van der Waals surface area contributed by atoms with E-state index in [-0.39, 0.29) is 0 Å². The Hall–Kier alpha value is -4.94. The van der Waals surface area contributed by atoms with E-state index in [0.717, 1.165) is 12.8 Å². The molecule has 0 bridgehead atoms. The summed E-state index contributed by atoms with van der Waals surface area (Å²) in [5, 5.41) is 16.3. The molecule has 0 aliphatic rings. The molecule has 0 amide bonds. The Bertz CT molecular complexity index is 1830. The van der Waals surface area contributed by atoms with Gasteiger partial charge in [-0.05, 0) is 88.6 Å². The summed E-state index contributed by atoms with van der Waals surface area (Å²) in [4.78, 5) is 0. The van der Waals surface area contributed by atoms with Gasteiger partial charge in [0.05, 0.1) is 0 Å². The van der Waals surface area contributed by atoms with Crippen LogP contribution in [-0.4, -0.2) is 0 Å². The smallest absolute Gasteiger partial charge is 0.00268 e. The van der Waals surface area contributed by atoms with Crippen LogP contribution in [0.5, 0.6) is 0 Å². The normalized spacial score (nSPS) is 10.9. The summed E-state index contributed by atoms with van der Waals surface area (Å²) >= 11 is 0. The van der Waals surface area contributed by atoms with Crippen LogP contribution in [0.4, 0.5) is 0 Å². The van der Waals surface area contributed by atoms with Gasteiger partial charge in [-0.2, -0.15) is 0 Å². The predicted octanol–water partition coefficient (Wildman–Crippen LogP) is 13.0. The van der Waals surface area contributed by atoms with Gasteiger partial charge in [0.15, 0.2) is 0 Å². The van der Waals surface area contributed by atoms with Crippen LogP contribution in [0.1, 0.15) is 38.8 Å². The summed E-state index contributed by atoms with van der Waals surface area (Å²) in [6, 6.07) is 52.5. The van der Waals surface area contributed by atoms with Crippen molar-refractivity contribution in [3.8, 4) is 0 Å². The van der Waals surface area contributed by atoms with E-state index < -0.39 is 0 Å². The van der Waals surface area contributed by atoms with E-state index in [1.54, 1.807) is 0 Å². The average Bonchev–Trinajstić information content (AvgIpc) is 3.11. The van der Waals surface area contributed by atoms with Crippen molar-refractivity contribution in [2.75, 3.05) is 0 Å². The summed E-state index contributed by atoms with van der Waals surface area (Å²) in [6.07, 6.45) is 2.29. The van der Waals surface area contributed by atoms with Gasteiger partial charge in [0.25, 0.3) is 0 Å². The first-order valence-corrected chi connectivity index (χ1v) is 16.1. The molecule has 0 spiro atoms. The van der Waals surface area contributed by atoms with Crippen LogP contribution in [0.2, 0.25) is 0 Å². The Morgan fingerprint density at radius 3 is 0.614 bits per heavy atom. The summed E-state index contributed by atoms with van der Waals surface area (Å²) in [5.74, 6) is 0. The molecular weight excluding hydrogens is 528 g/mol. The minimum atomic E-state index is 1.14. The summed E-state index contributed by atoms with van der Waals surface area (Å²) in [7, 11) is 0. The summed E-state index contributed by atoms with van der Waals surface area (Å²) < 4.78 is 0. The zero-order valence-corrected chi connectivity index (χ0v) is 26.3. The molecule has 0 saturated heterocycles. The molecule has 0 saturated carbocycles. The Morgan fingerprint density at radius 1 is 0.273 bits per heavy atom. The number of aryl methyl sites for hydroxylation is 2.